The summed E-state index contributed by atoms with van der Waals surface area (Å²) in [4.78, 5) is 0. The van der Waals surface area contributed by atoms with Gasteiger partial charge in [0.15, 0.2) is 0 Å². The monoisotopic (exact) mass is 277 g/mol. The molecule has 114 valence electrons. The van der Waals surface area contributed by atoms with Crippen LogP contribution in [0.5, 0.6) is 0 Å². The highest BCUT2D eigenvalue weighted by Gasteiger charge is 2.23. The number of aliphatic hydroxyl groups excluding tert-OH is 1. The van der Waals surface area contributed by atoms with Gasteiger partial charge in [0.25, 0.3) is 0 Å². The fourth-order valence-electron chi connectivity index (χ4n) is 2.52. The van der Waals surface area contributed by atoms with Gasteiger partial charge in [0, 0.05) is 11.6 Å². The molecule has 2 heteroatoms. The molecule has 2 N–H and O–H groups in total. The third kappa shape index (κ3) is 5.64. The molecule has 0 saturated heterocycles. The maximum Gasteiger partial charge on any atom is 0.0943 e. The lowest BCUT2D eigenvalue weighted by Crippen LogP contribution is -2.46. The topological polar surface area (TPSA) is 32.3 Å². The zero-order valence-corrected chi connectivity index (χ0v) is 13.9. The summed E-state index contributed by atoms with van der Waals surface area (Å²) in [5.74, 6) is 0.664. The zero-order valence-electron chi connectivity index (χ0n) is 13.9. The quantitative estimate of drug-likeness (QED) is 0.821. The molecule has 0 heterocycles. The summed E-state index contributed by atoms with van der Waals surface area (Å²) in [6.07, 6.45) is 1.55. The van der Waals surface area contributed by atoms with Crippen LogP contribution in [-0.2, 0) is 6.42 Å². The second-order valence-corrected chi connectivity index (χ2v) is 7.19. The minimum atomic E-state index is -0.452. The van der Waals surface area contributed by atoms with Gasteiger partial charge in [-0.1, -0.05) is 45.0 Å². The number of nitrogens with one attached hydrogen (secondary N) is 1. The Morgan fingerprint density at radius 2 is 1.65 bits per heavy atom. The Kier molecular flexibility index (Phi) is 6.22. The summed E-state index contributed by atoms with van der Waals surface area (Å²) >= 11 is 0. The van der Waals surface area contributed by atoms with E-state index in [1.807, 2.05) is 0 Å². The highest BCUT2D eigenvalue weighted by Crippen LogP contribution is 2.22. The zero-order chi connectivity index (χ0) is 15.3. The van der Waals surface area contributed by atoms with E-state index < -0.39 is 6.10 Å². The number of benzene rings is 1. The molecule has 2 atom stereocenters. The molecule has 0 aromatic heterocycles. The Morgan fingerprint density at radius 3 is 2.05 bits per heavy atom. The largest absolute Gasteiger partial charge is 0.387 e. The van der Waals surface area contributed by atoms with Gasteiger partial charge in [0.05, 0.1) is 6.10 Å². The molecule has 2 unspecified atom stereocenters. The predicted octanol–water partition coefficient (Wildman–Crippen LogP) is 4.09. The Bertz CT molecular complexity index is 389. The highest BCUT2D eigenvalue weighted by atomic mass is 16.3. The Hall–Kier alpha value is -0.860. The lowest BCUT2D eigenvalue weighted by Gasteiger charge is -2.31. The number of rotatable bonds is 6. The molecule has 0 aliphatic heterocycles. The van der Waals surface area contributed by atoms with E-state index in [-0.39, 0.29) is 11.6 Å². The third-order valence-corrected chi connectivity index (χ3v) is 3.40. The van der Waals surface area contributed by atoms with E-state index in [2.05, 4.69) is 71.1 Å². The number of hydrogen-bond donors (Lipinski definition) is 2. The molecule has 0 fully saturated rings. The van der Waals surface area contributed by atoms with Gasteiger partial charge < -0.3 is 10.4 Å². The molecule has 20 heavy (non-hydrogen) atoms. The van der Waals surface area contributed by atoms with Crippen LogP contribution in [0.25, 0.3) is 0 Å². The number of hydrogen-bond acceptors (Lipinski definition) is 2. The number of aliphatic hydroxyl groups is 1. The smallest absolute Gasteiger partial charge is 0.0943 e. The Labute approximate surface area is 124 Å². The van der Waals surface area contributed by atoms with E-state index in [0.717, 1.165) is 18.4 Å². The van der Waals surface area contributed by atoms with Gasteiger partial charge in [0.2, 0.25) is 0 Å². The van der Waals surface area contributed by atoms with Crippen LogP contribution in [0.2, 0.25) is 0 Å². The minimum Gasteiger partial charge on any atom is -0.387 e. The third-order valence-electron chi connectivity index (χ3n) is 3.40. The first-order valence-corrected chi connectivity index (χ1v) is 7.77. The van der Waals surface area contributed by atoms with E-state index >= 15 is 0 Å². The summed E-state index contributed by atoms with van der Waals surface area (Å²) < 4.78 is 0. The van der Waals surface area contributed by atoms with Crippen LogP contribution >= 0.6 is 0 Å². The second kappa shape index (κ2) is 7.24. The first kappa shape index (κ1) is 17.2. The molecular weight excluding hydrogens is 246 g/mol. The SMILES string of the molecule is CCC(NC(C)(C)C)C(O)c1ccc(CC(C)C)cc1. The van der Waals surface area contributed by atoms with Gasteiger partial charge >= 0.3 is 0 Å². The molecule has 1 aromatic rings. The molecule has 0 saturated carbocycles. The van der Waals surface area contributed by atoms with E-state index in [0.29, 0.717) is 5.92 Å². The van der Waals surface area contributed by atoms with Gasteiger partial charge in [-0.3, -0.25) is 0 Å². The lowest BCUT2D eigenvalue weighted by atomic mass is 9.95. The molecule has 0 radical (unpaired) electrons. The average molecular weight is 277 g/mol. The van der Waals surface area contributed by atoms with Crippen LogP contribution in [0.4, 0.5) is 0 Å². The van der Waals surface area contributed by atoms with Crippen LogP contribution < -0.4 is 5.32 Å². The van der Waals surface area contributed by atoms with Crippen molar-refractivity contribution in [3.8, 4) is 0 Å². The Morgan fingerprint density at radius 1 is 1.10 bits per heavy atom. The summed E-state index contributed by atoms with van der Waals surface area (Å²) in [5.41, 5.74) is 2.35. The fraction of sp³-hybridized carbons (Fsp3) is 0.667. The van der Waals surface area contributed by atoms with Crippen molar-refractivity contribution in [1.82, 2.24) is 5.32 Å². The molecule has 0 aliphatic rings. The normalized spacial score (nSPS) is 15.4. The Balaban J connectivity index is 2.77. The lowest BCUT2D eigenvalue weighted by molar-refractivity contribution is 0.111. The highest BCUT2D eigenvalue weighted by molar-refractivity contribution is 5.25. The van der Waals surface area contributed by atoms with Gasteiger partial charge in [-0.25, -0.2) is 0 Å². The fourth-order valence-corrected chi connectivity index (χ4v) is 2.52. The van der Waals surface area contributed by atoms with Gasteiger partial charge in [-0.2, -0.15) is 0 Å². The van der Waals surface area contributed by atoms with Crippen molar-refractivity contribution in [1.29, 1.82) is 0 Å². The van der Waals surface area contributed by atoms with Crippen molar-refractivity contribution < 1.29 is 5.11 Å². The molecular formula is C18H31NO. The van der Waals surface area contributed by atoms with Crippen LogP contribution in [-0.4, -0.2) is 16.7 Å². The van der Waals surface area contributed by atoms with Crippen LogP contribution in [0.15, 0.2) is 24.3 Å². The standard InChI is InChI=1S/C18H31NO/c1-7-16(19-18(4,5)6)17(20)15-10-8-14(9-11-15)12-13(2)3/h8-11,13,16-17,19-20H,7,12H2,1-6H3. The summed E-state index contributed by atoms with van der Waals surface area (Å²) in [5, 5.41) is 14.1. The average Bonchev–Trinajstić information content (AvgIpc) is 2.34. The summed E-state index contributed by atoms with van der Waals surface area (Å²) in [7, 11) is 0. The van der Waals surface area contributed by atoms with Gasteiger partial charge in [0.1, 0.15) is 0 Å². The van der Waals surface area contributed by atoms with Crippen molar-refractivity contribution in [2.75, 3.05) is 0 Å². The van der Waals surface area contributed by atoms with E-state index in [1.54, 1.807) is 0 Å². The molecule has 1 rings (SSSR count). The minimum absolute atomic E-state index is 0.0131. The van der Waals surface area contributed by atoms with Crippen LogP contribution in [0.1, 0.15) is 65.2 Å². The van der Waals surface area contributed by atoms with E-state index in [9.17, 15) is 5.11 Å². The van der Waals surface area contributed by atoms with Gasteiger partial charge in [-0.05, 0) is 50.7 Å². The molecule has 0 aliphatic carbocycles. The summed E-state index contributed by atoms with van der Waals surface area (Å²) in [6, 6.07) is 8.50. The van der Waals surface area contributed by atoms with Gasteiger partial charge in [-0.15, -0.1) is 0 Å². The van der Waals surface area contributed by atoms with E-state index in [4.69, 9.17) is 0 Å². The van der Waals surface area contributed by atoms with Crippen molar-refractivity contribution in [3.05, 3.63) is 35.4 Å². The molecule has 0 spiro atoms. The van der Waals surface area contributed by atoms with Crippen molar-refractivity contribution in [3.63, 3.8) is 0 Å². The van der Waals surface area contributed by atoms with E-state index in [1.165, 1.54) is 5.56 Å². The molecule has 2 nitrogen and oxygen atoms in total. The van der Waals surface area contributed by atoms with Crippen molar-refractivity contribution >= 4 is 0 Å². The van der Waals surface area contributed by atoms with Crippen molar-refractivity contribution in [2.45, 2.75) is 72.1 Å². The maximum absolute atomic E-state index is 10.6. The molecule has 1 aromatic carbocycles. The second-order valence-electron chi connectivity index (χ2n) is 7.19. The maximum atomic E-state index is 10.6. The van der Waals surface area contributed by atoms with Crippen LogP contribution in [0.3, 0.4) is 0 Å². The molecule has 0 bridgehead atoms. The first-order valence-electron chi connectivity index (χ1n) is 7.77. The molecule has 0 amide bonds. The summed E-state index contributed by atoms with van der Waals surface area (Å²) in [6.45, 7) is 13.0. The van der Waals surface area contributed by atoms with Crippen molar-refractivity contribution in [2.24, 2.45) is 5.92 Å². The predicted molar refractivity (Wildman–Crippen MR) is 86.9 cm³/mol. The van der Waals surface area contributed by atoms with Crippen LogP contribution in [0, 0.1) is 5.92 Å². The first-order chi connectivity index (χ1) is 9.23.